The lowest BCUT2D eigenvalue weighted by atomic mass is 9.92. The first-order chi connectivity index (χ1) is 26.3. The van der Waals surface area contributed by atoms with E-state index in [9.17, 15) is 0 Å². The summed E-state index contributed by atoms with van der Waals surface area (Å²) >= 11 is 0. The topological polar surface area (TPSA) is 8.17 Å². The Morgan fingerprint density at radius 3 is 2.19 bits per heavy atom. The molecular weight excluding hydrogens is 641 g/mol. The van der Waals surface area contributed by atoms with Crippen LogP contribution >= 0.6 is 0 Å². The van der Waals surface area contributed by atoms with E-state index in [1.54, 1.807) is 0 Å². The van der Waals surface area contributed by atoms with E-state index in [0.29, 0.717) is 0 Å². The predicted octanol–water partition coefficient (Wildman–Crippen LogP) is 13.4. The Kier molecular flexibility index (Phi) is 7.73. The zero-order valence-electron chi connectivity index (χ0n) is 29.4. The van der Waals surface area contributed by atoms with E-state index in [1.165, 1.54) is 77.7 Å². The first-order valence-corrected chi connectivity index (χ1v) is 18.6. The fourth-order valence-electron chi connectivity index (χ4n) is 8.34. The Balaban J connectivity index is 1.19. The summed E-state index contributed by atoms with van der Waals surface area (Å²) in [5.41, 5.74) is 15.8. The molecule has 0 N–H and O–H groups in total. The lowest BCUT2D eigenvalue weighted by Crippen LogP contribution is -2.32. The van der Waals surface area contributed by atoms with E-state index in [4.69, 9.17) is 0 Å². The molecule has 7 aromatic rings. The minimum absolute atomic E-state index is 0.0925. The first kappa shape index (κ1) is 31.1. The van der Waals surface area contributed by atoms with Crippen LogP contribution in [0.15, 0.2) is 200 Å². The van der Waals surface area contributed by atoms with Gasteiger partial charge in [0.15, 0.2) is 0 Å². The standard InChI is InChI=1S/C51H38N2/c1-2-6-18-36(17-5-1)40-31-41(37-19-7-3-8-20-37)33-42(32-40)38-22-15-24-44(34-38)53-49-29-14-12-26-46(49)47-27-16-30-50(51(47)53)52-43-23-10-4-9-21-39(35-43)45-25-11-13-28-48(45)52/h1-3,5,7-35,43H,4,6H2/b21-9?,23-10-. The Labute approximate surface area is 311 Å². The molecule has 1 aliphatic heterocycles. The van der Waals surface area contributed by atoms with E-state index in [-0.39, 0.29) is 6.04 Å². The van der Waals surface area contributed by atoms with Crippen molar-refractivity contribution in [2.24, 2.45) is 0 Å². The van der Waals surface area contributed by atoms with Crippen LogP contribution in [-0.2, 0) is 0 Å². The van der Waals surface area contributed by atoms with Crippen molar-refractivity contribution in [3.63, 3.8) is 0 Å². The predicted molar refractivity (Wildman–Crippen MR) is 226 cm³/mol. The Bertz CT molecular complexity index is 2730. The molecule has 2 aliphatic carbocycles. The number of allylic oxidation sites excluding steroid dienone is 10. The molecule has 0 spiro atoms. The molecule has 0 amide bonds. The summed E-state index contributed by atoms with van der Waals surface area (Å²) in [5, 5.41) is 2.50. The van der Waals surface area contributed by atoms with Crippen LogP contribution < -0.4 is 4.90 Å². The van der Waals surface area contributed by atoms with Crippen molar-refractivity contribution >= 4 is 44.3 Å². The molecule has 3 aliphatic rings. The van der Waals surface area contributed by atoms with Crippen molar-refractivity contribution in [2.75, 3.05) is 4.90 Å². The van der Waals surface area contributed by atoms with Gasteiger partial charge in [0.05, 0.1) is 22.8 Å². The molecule has 0 saturated carbocycles. The third kappa shape index (κ3) is 5.51. The lowest BCUT2D eigenvalue weighted by Gasteiger charge is -2.37. The number of hydrogen-bond acceptors (Lipinski definition) is 1. The highest BCUT2D eigenvalue weighted by Gasteiger charge is 2.29. The second kappa shape index (κ2) is 13.2. The molecule has 1 aromatic heterocycles. The molecule has 0 radical (unpaired) electrons. The molecule has 53 heavy (non-hydrogen) atoms. The molecule has 2 heteroatoms. The number of aromatic nitrogens is 1. The second-order valence-corrected chi connectivity index (χ2v) is 14.0. The van der Waals surface area contributed by atoms with Crippen molar-refractivity contribution in [1.29, 1.82) is 0 Å². The quantitative estimate of drug-likeness (QED) is 0.165. The van der Waals surface area contributed by atoms with Gasteiger partial charge in [-0.1, -0.05) is 146 Å². The van der Waals surface area contributed by atoms with Crippen LogP contribution in [0.5, 0.6) is 0 Å². The molecular formula is C51H38N2. The highest BCUT2D eigenvalue weighted by Crippen LogP contribution is 2.46. The maximum Gasteiger partial charge on any atom is 0.0779 e. The smallest absolute Gasteiger partial charge is 0.0779 e. The minimum Gasteiger partial charge on any atom is -0.329 e. The largest absolute Gasteiger partial charge is 0.329 e. The van der Waals surface area contributed by atoms with E-state index in [2.05, 4.69) is 210 Å². The van der Waals surface area contributed by atoms with E-state index >= 15 is 0 Å². The molecule has 2 nitrogen and oxygen atoms in total. The van der Waals surface area contributed by atoms with Crippen LogP contribution in [0.2, 0.25) is 0 Å². The zero-order valence-corrected chi connectivity index (χ0v) is 29.4. The normalized spacial score (nSPS) is 16.8. The summed E-state index contributed by atoms with van der Waals surface area (Å²) in [6, 6.07) is 51.5. The lowest BCUT2D eigenvalue weighted by molar-refractivity contribution is 0.924. The Morgan fingerprint density at radius 2 is 1.25 bits per heavy atom. The summed E-state index contributed by atoms with van der Waals surface area (Å²) in [5.74, 6) is 0. The zero-order chi connectivity index (χ0) is 35.1. The second-order valence-electron chi connectivity index (χ2n) is 14.0. The Morgan fingerprint density at radius 1 is 0.491 bits per heavy atom. The van der Waals surface area contributed by atoms with Crippen LogP contribution in [0.4, 0.5) is 11.4 Å². The molecule has 1 unspecified atom stereocenters. The average Bonchev–Trinajstić information content (AvgIpc) is 3.32. The van der Waals surface area contributed by atoms with Crippen LogP contribution in [0.3, 0.4) is 0 Å². The molecule has 2 heterocycles. The molecule has 252 valence electrons. The van der Waals surface area contributed by atoms with Gasteiger partial charge >= 0.3 is 0 Å². The summed E-state index contributed by atoms with van der Waals surface area (Å²) in [6.07, 6.45) is 24.5. The summed E-state index contributed by atoms with van der Waals surface area (Å²) in [4.78, 5) is 2.54. The number of rotatable bonds is 5. The van der Waals surface area contributed by atoms with Crippen LogP contribution in [-0.4, -0.2) is 10.6 Å². The van der Waals surface area contributed by atoms with Crippen molar-refractivity contribution in [3.05, 3.63) is 211 Å². The average molecular weight is 679 g/mol. The third-order valence-corrected chi connectivity index (χ3v) is 10.8. The van der Waals surface area contributed by atoms with Gasteiger partial charge in [-0.05, 0) is 106 Å². The van der Waals surface area contributed by atoms with Crippen molar-refractivity contribution < 1.29 is 0 Å². The van der Waals surface area contributed by atoms with Gasteiger partial charge in [-0.2, -0.15) is 0 Å². The first-order valence-electron chi connectivity index (χ1n) is 18.6. The molecule has 10 rings (SSSR count). The van der Waals surface area contributed by atoms with E-state index in [0.717, 1.165) is 18.5 Å². The third-order valence-electron chi connectivity index (χ3n) is 10.8. The maximum absolute atomic E-state index is 2.54. The van der Waals surface area contributed by atoms with Crippen LogP contribution in [0, 0.1) is 0 Å². The number of hydrogen-bond donors (Lipinski definition) is 0. The van der Waals surface area contributed by atoms with E-state index in [1.807, 2.05) is 0 Å². The number of benzene rings is 6. The fraction of sp³-hybridized carbons (Fsp3) is 0.0588. The number of para-hydroxylation sites is 3. The van der Waals surface area contributed by atoms with Crippen molar-refractivity contribution in [1.82, 2.24) is 4.57 Å². The summed E-state index contributed by atoms with van der Waals surface area (Å²) in [6.45, 7) is 0. The molecule has 0 saturated heterocycles. The van der Waals surface area contributed by atoms with Gasteiger partial charge in [0.1, 0.15) is 0 Å². The number of anilines is 2. The number of nitrogens with zero attached hydrogens (tertiary/aromatic N) is 2. The molecule has 6 aromatic carbocycles. The summed E-state index contributed by atoms with van der Waals surface area (Å²) in [7, 11) is 0. The van der Waals surface area contributed by atoms with Gasteiger partial charge < -0.3 is 9.47 Å². The van der Waals surface area contributed by atoms with Crippen LogP contribution in [0.1, 0.15) is 24.0 Å². The molecule has 0 fully saturated rings. The van der Waals surface area contributed by atoms with Gasteiger partial charge in [-0.25, -0.2) is 0 Å². The van der Waals surface area contributed by atoms with Crippen molar-refractivity contribution in [2.45, 2.75) is 18.9 Å². The SMILES string of the molecule is C1=CCC=C(c2cc(-c3ccccc3)cc(-c3cccc(-n4c5ccccc5c5cccc(N6c7ccccc7C7=CC6/C=C\CC=C7)c54)c3)c2)C=C1. The summed E-state index contributed by atoms with van der Waals surface area (Å²) < 4.78 is 2.49. The van der Waals surface area contributed by atoms with Gasteiger partial charge in [0.2, 0.25) is 0 Å². The highest BCUT2D eigenvalue weighted by molar-refractivity contribution is 6.14. The van der Waals surface area contributed by atoms with Gasteiger partial charge in [0.25, 0.3) is 0 Å². The monoisotopic (exact) mass is 678 g/mol. The van der Waals surface area contributed by atoms with E-state index < -0.39 is 0 Å². The van der Waals surface area contributed by atoms with Gasteiger partial charge in [0, 0.05) is 27.7 Å². The van der Waals surface area contributed by atoms with Crippen molar-refractivity contribution in [3.8, 4) is 27.9 Å². The maximum atomic E-state index is 2.54. The Hall–Kier alpha value is -6.64. The fourth-order valence-corrected chi connectivity index (χ4v) is 8.34. The molecule has 1 atom stereocenters. The number of fused-ring (bicyclic) bond motifs is 6. The highest BCUT2D eigenvalue weighted by atomic mass is 15.2. The molecule has 2 bridgehead atoms. The van der Waals surface area contributed by atoms with Crippen LogP contribution in [0.25, 0.3) is 60.9 Å². The van der Waals surface area contributed by atoms with Gasteiger partial charge in [-0.15, -0.1) is 0 Å². The minimum atomic E-state index is 0.0925. The van der Waals surface area contributed by atoms with Gasteiger partial charge in [-0.3, -0.25) is 0 Å².